The highest BCUT2D eigenvalue weighted by molar-refractivity contribution is 6.31. The Bertz CT molecular complexity index is 918. The molecule has 1 aromatic carbocycles. The first-order valence-corrected chi connectivity index (χ1v) is 8.91. The van der Waals surface area contributed by atoms with Gasteiger partial charge in [0.15, 0.2) is 5.67 Å². The number of hydrogen-bond donors (Lipinski definition) is 0. The van der Waals surface area contributed by atoms with Crippen molar-refractivity contribution in [2.24, 2.45) is 0 Å². The predicted molar refractivity (Wildman–Crippen MR) is 99.7 cm³/mol. The fraction of sp³-hybridized carbons (Fsp3) is 0.350. The van der Waals surface area contributed by atoms with Gasteiger partial charge in [-0.3, -0.25) is 4.98 Å². The van der Waals surface area contributed by atoms with E-state index < -0.39 is 5.67 Å². The number of benzene rings is 1. The van der Waals surface area contributed by atoms with Crippen LogP contribution in [0.2, 0.25) is 5.02 Å². The molecular formula is C20H21ClFN3. The number of halogens is 2. The number of rotatable bonds is 3. The molecule has 3 heterocycles. The van der Waals surface area contributed by atoms with Crippen molar-refractivity contribution in [3.05, 3.63) is 64.6 Å². The van der Waals surface area contributed by atoms with Gasteiger partial charge >= 0.3 is 0 Å². The van der Waals surface area contributed by atoms with Crippen LogP contribution in [0.3, 0.4) is 0 Å². The van der Waals surface area contributed by atoms with Crippen LogP contribution in [-0.2, 0) is 25.2 Å². The molecule has 1 unspecified atom stereocenters. The predicted octanol–water partition coefficient (Wildman–Crippen LogP) is 4.56. The molecule has 0 saturated heterocycles. The summed E-state index contributed by atoms with van der Waals surface area (Å²) in [6.07, 6.45) is 4.25. The lowest BCUT2D eigenvalue weighted by Gasteiger charge is -2.28. The minimum absolute atomic E-state index is 0.276. The molecule has 0 aliphatic carbocycles. The van der Waals surface area contributed by atoms with Gasteiger partial charge in [0.25, 0.3) is 0 Å². The Morgan fingerprint density at radius 1 is 1.24 bits per heavy atom. The second-order valence-corrected chi connectivity index (χ2v) is 7.53. The number of likely N-dealkylation sites (N-methyl/N-ethyl adjacent to an activating group) is 1. The second-order valence-electron chi connectivity index (χ2n) is 7.09. The maximum Gasteiger partial charge on any atom is 0.151 e. The highest BCUT2D eigenvalue weighted by Crippen LogP contribution is 2.36. The quantitative estimate of drug-likeness (QED) is 0.685. The van der Waals surface area contributed by atoms with Crippen LogP contribution >= 0.6 is 11.6 Å². The molecule has 0 spiro atoms. The smallest absolute Gasteiger partial charge is 0.151 e. The Balaban J connectivity index is 1.85. The van der Waals surface area contributed by atoms with Crippen molar-refractivity contribution in [3.63, 3.8) is 0 Å². The zero-order valence-corrected chi connectivity index (χ0v) is 15.2. The molecule has 1 atom stereocenters. The first-order valence-electron chi connectivity index (χ1n) is 8.53. The summed E-state index contributed by atoms with van der Waals surface area (Å²) in [6, 6.07) is 9.41. The largest absolute Gasteiger partial charge is 0.339 e. The third kappa shape index (κ3) is 2.94. The van der Waals surface area contributed by atoms with E-state index in [0.29, 0.717) is 5.56 Å². The fourth-order valence-electron chi connectivity index (χ4n) is 3.81. The van der Waals surface area contributed by atoms with E-state index in [4.69, 9.17) is 11.6 Å². The van der Waals surface area contributed by atoms with Gasteiger partial charge in [-0.25, -0.2) is 4.39 Å². The molecule has 3 aromatic rings. The molecule has 0 radical (unpaired) electrons. The van der Waals surface area contributed by atoms with Crippen molar-refractivity contribution in [1.82, 2.24) is 14.5 Å². The Morgan fingerprint density at radius 2 is 2.00 bits per heavy atom. The maximum atomic E-state index is 15.6. The van der Waals surface area contributed by atoms with E-state index in [-0.39, 0.29) is 6.54 Å². The van der Waals surface area contributed by atoms with Crippen molar-refractivity contribution in [2.45, 2.75) is 32.1 Å². The zero-order chi connectivity index (χ0) is 17.6. The van der Waals surface area contributed by atoms with Crippen molar-refractivity contribution in [3.8, 4) is 0 Å². The molecule has 25 heavy (non-hydrogen) atoms. The van der Waals surface area contributed by atoms with E-state index in [1.54, 1.807) is 31.5 Å². The van der Waals surface area contributed by atoms with Crippen molar-refractivity contribution in [2.75, 3.05) is 13.6 Å². The highest BCUT2D eigenvalue weighted by Gasteiger charge is 2.30. The van der Waals surface area contributed by atoms with E-state index in [9.17, 15) is 0 Å². The Kier molecular flexibility index (Phi) is 4.05. The third-order valence-corrected chi connectivity index (χ3v) is 5.38. The van der Waals surface area contributed by atoms with Crippen molar-refractivity contribution in [1.29, 1.82) is 0 Å². The zero-order valence-electron chi connectivity index (χ0n) is 14.5. The van der Waals surface area contributed by atoms with E-state index in [0.717, 1.165) is 35.4 Å². The van der Waals surface area contributed by atoms with Crippen LogP contribution < -0.4 is 0 Å². The van der Waals surface area contributed by atoms with E-state index in [2.05, 4.69) is 21.5 Å². The summed E-state index contributed by atoms with van der Waals surface area (Å²) >= 11 is 6.23. The minimum Gasteiger partial charge on any atom is -0.339 e. The van der Waals surface area contributed by atoms with Gasteiger partial charge in [0.1, 0.15) is 0 Å². The number of fused-ring (bicyclic) bond motifs is 3. The van der Waals surface area contributed by atoms with Gasteiger partial charge in [-0.15, -0.1) is 0 Å². The second kappa shape index (κ2) is 6.11. The lowest BCUT2D eigenvalue weighted by Crippen LogP contribution is -2.30. The molecule has 4 rings (SSSR count). The summed E-state index contributed by atoms with van der Waals surface area (Å²) < 4.78 is 17.7. The normalized spacial score (nSPS) is 17.4. The molecular weight excluding hydrogens is 337 g/mol. The van der Waals surface area contributed by atoms with Crippen molar-refractivity contribution < 1.29 is 4.39 Å². The summed E-state index contributed by atoms with van der Waals surface area (Å²) in [5.41, 5.74) is 2.74. The number of pyridine rings is 1. The van der Waals surface area contributed by atoms with Gasteiger partial charge in [0, 0.05) is 47.1 Å². The molecule has 0 amide bonds. The minimum atomic E-state index is -1.47. The fourth-order valence-corrected chi connectivity index (χ4v) is 3.99. The molecule has 130 valence electrons. The van der Waals surface area contributed by atoms with Crippen LogP contribution in [0, 0.1) is 0 Å². The highest BCUT2D eigenvalue weighted by atomic mass is 35.5. The number of hydrogen-bond acceptors (Lipinski definition) is 2. The molecule has 0 bridgehead atoms. The van der Waals surface area contributed by atoms with Gasteiger partial charge < -0.3 is 9.47 Å². The Hall–Kier alpha value is -1.91. The van der Waals surface area contributed by atoms with Crippen LogP contribution in [-0.4, -0.2) is 28.0 Å². The summed E-state index contributed by atoms with van der Waals surface area (Å²) in [6.45, 7) is 3.76. The van der Waals surface area contributed by atoms with Gasteiger partial charge in [0.05, 0.1) is 6.54 Å². The molecule has 0 N–H and O–H groups in total. The van der Waals surface area contributed by atoms with Gasteiger partial charge in [-0.2, -0.15) is 0 Å². The summed E-state index contributed by atoms with van der Waals surface area (Å²) in [4.78, 5) is 6.28. The van der Waals surface area contributed by atoms with Gasteiger partial charge in [-0.1, -0.05) is 11.6 Å². The Labute approximate surface area is 152 Å². The van der Waals surface area contributed by atoms with Crippen LogP contribution in [0.25, 0.3) is 10.9 Å². The standard InChI is InChI=1S/C20H21ClFN3/c1-20(22,14-5-8-23-9-6-14)13-25-18-4-3-15(21)11-17(18)16-7-10-24(2)12-19(16)25/h3-6,8-9,11H,7,10,12-13H2,1-2H3. The summed E-state index contributed by atoms with van der Waals surface area (Å²) in [5, 5.41) is 1.88. The van der Waals surface area contributed by atoms with Crippen LogP contribution in [0.1, 0.15) is 23.7 Å². The third-order valence-electron chi connectivity index (χ3n) is 5.15. The first kappa shape index (κ1) is 16.6. The lowest BCUT2D eigenvalue weighted by molar-refractivity contribution is 0.159. The van der Waals surface area contributed by atoms with Crippen LogP contribution in [0.15, 0.2) is 42.7 Å². The molecule has 5 heteroatoms. The average Bonchev–Trinajstić information content (AvgIpc) is 2.88. The Morgan fingerprint density at radius 3 is 2.76 bits per heavy atom. The van der Waals surface area contributed by atoms with Gasteiger partial charge in [0.2, 0.25) is 0 Å². The molecule has 0 saturated carbocycles. The molecule has 1 aliphatic rings. The number of alkyl halides is 1. The molecule has 0 fully saturated rings. The molecule has 3 nitrogen and oxygen atoms in total. The van der Waals surface area contributed by atoms with E-state index in [1.807, 2.05) is 18.2 Å². The van der Waals surface area contributed by atoms with Crippen LogP contribution in [0.4, 0.5) is 4.39 Å². The average molecular weight is 358 g/mol. The van der Waals surface area contributed by atoms with E-state index >= 15 is 4.39 Å². The van der Waals surface area contributed by atoms with Gasteiger partial charge in [-0.05, 0) is 61.9 Å². The lowest BCUT2D eigenvalue weighted by atomic mass is 9.98. The number of nitrogens with zero attached hydrogens (tertiary/aromatic N) is 3. The van der Waals surface area contributed by atoms with E-state index in [1.165, 1.54) is 11.3 Å². The van der Waals surface area contributed by atoms with Crippen LogP contribution in [0.5, 0.6) is 0 Å². The summed E-state index contributed by atoms with van der Waals surface area (Å²) in [7, 11) is 2.11. The number of aromatic nitrogens is 2. The molecule has 1 aliphatic heterocycles. The van der Waals surface area contributed by atoms with Crippen molar-refractivity contribution >= 4 is 22.5 Å². The summed E-state index contributed by atoms with van der Waals surface area (Å²) in [5.74, 6) is 0. The topological polar surface area (TPSA) is 21.1 Å². The monoisotopic (exact) mass is 357 g/mol. The molecule has 2 aromatic heterocycles. The SMILES string of the molecule is CN1CCc2c(n(CC(C)(F)c3ccncc3)c3ccc(Cl)cc23)C1. The maximum absolute atomic E-state index is 15.6. The first-order chi connectivity index (χ1) is 12.0.